The summed E-state index contributed by atoms with van der Waals surface area (Å²) in [5.74, 6) is 0. The average molecular weight is 274 g/mol. The molecule has 1 atom stereocenters. The second kappa shape index (κ2) is 7.85. The Bertz CT molecular complexity index is 493. The molecule has 0 fully saturated rings. The minimum Gasteiger partial charge on any atom is -0.379 e. The van der Waals surface area contributed by atoms with Gasteiger partial charge >= 0.3 is 0 Å². The van der Waals surface area contributed by atoms with Gasteiger partial charge in [0, 0.05) is 0 Å². The minimum atomic E-state index is -0.884. The Balaban J connectivity index is 0.000000461. The molecule has 3 nitrogen and oxygen atoms in total. The van der Waals surface area contributed by atoms with Gasteiger partial charge in [0.2, 0.25) is 0 Å². The first-order valence-electron chi connectivity index (χ1n) is 7.60. The Hall–Kier alpha value is -1.61. The van der Waals surface area contributed by atoms with E-state index in [-0.39, 0.29) is 0 Å². The van der Waals surface area contributed by atoms with Gasteiger partial charge in [-0.05, 0) is 30.4 Å². The van der Waals surface area contributed by atoms with Gasteiger partial charge in [0.1, 0.15) is 5.60 Å². The van der Waals surface area contributed by atoms with Crippen molar-refractivity contribution in [2.45, 2.75) is 52.6 Å². The zero-order chi connectivity index (χ0) is 15.0. The molecule has 110 valence electrons. The van der Waals surface area contributed by atoms with Gasteiger partial charge < -0.3 is 10.1 Å². The van der Waals surface area contributed by atoms with E-state index in [1.165, 1.54) is 5.56 Å². The number of benzene rings is 1. The van der Waals surface area contributed by atoms with Crippen molar-refractivity contribution in [3.8, 4) is 0 Å². The van der Waals surface area contributed by atoms with Gasteiger partial charge in [0.15, 0.2) is 0 Å². The van der Waals surface area contributed by atoms with E-state index in [1.807, 2.05) is 45.9 Å². The van der Waals surface area contributed by atoms with Crippen molar-refractivity contribution < 1.29 is 5.11 Å². The number of hydrogen-bond donors (Lipinski definition) is 2. The number of rotatable bonds is 1. The quantitative estimate of drug-likeness (QED) is 0.824. The van der Waals surface area contributed by atoms with Crippen LogP contribution in [0.3, 0.4) is 0 Å². The average Bonchev–Trinajstić information content (AvgIpc) is 3.07. The van der Waals surface area contributed by atoms with Crippen LogP contribution >= 0.6 is 0 Å². The van der Waals surface area contributed by atoms with E-state index in [2.05, 4.69) is 16.0 Å². The molecule has 20 heavy (non-hydrogen) atoms. The van der Waals surface area contributed by atoms with Crippen LogP contribution in [0.4, 0.5) is 0 Å². The van der Waals surface area contributed by atoms with Crippen LogP contribution in [-0.4, -0.2) is 15.1 Å². The van der Waals surface area contributed by atoms with Gasteiger partial charge in [-0.25, -0.2) is 4.98 Å². The molecule has 1 aliphatic rings. The SMILES string of the molecule is CC.CC.OC1(c2cnc[nH]2)CCCc2ccccc21. The fourth-order valence-corrected chi connectivity index (χ4v) is 2.57. The molecule has 2 aromatic rings. The maximum absolute atomic E-state index is 10.8. The molecule has 1 heterocycles. The maximum atomic E-state index is 10.8. The third kappa shape index (κ3) is 3.10. The lowest BCUT2D eigenvalue weighted by Crippen LogP contribution is -2.32. The highest BCUT2D eigenvalue weighted by Crippen LogP contribution is 2.39. The summed E-state index contributed by atoms with van der Waals surface area (Å²) in [6.07, 6.45) is 6.14. The van der Waals surface area contributed by atoms with Gasteiger partial charge in [-0.15, -0.1) is 0 Å². The van der Waals surface area contributed by atoms with E-state index in [4.69, 9.17) is 0 Å². The van der Waals surface area contributed by atoms with E-state index >= 15 is 0 Å². The fourth-order valence-electron chi connectivity index (χ4n) is 2.57. The summed E-state index contributed by atoms with van der Waals surface area (Å²) in [7, 11) is 0. The third-order valence-electron chi connectivity index (χ3n) is 3.39. The predicted molar refractivity (Wildman–Crippen MR) is 83.7 cm³/mol. The summed E-state index contributed by atoms with van der Waals surface area (Å²) in [4.78, 5) is 7.03. The first-order chi connectivity index (χ1) is 9.81. The smallest absolute Gasteiger partial charge is 0.131 e. The normalized spacial score (nSPS) is 19.9. The van der Waals surface area contributed by atoms with Gasteiger partial charge in [-0.3, -0.25) is 0 Å². The highest BCUT2D eigenvalue weighted by Gasteiger charge is 2.36. The van der Waals surface area contributed by atoms with Gasteiger partial charge in [-0.1, -0.05) is 52.0 Å². The number of aryl methyl sites for hydroxylation is 1. The van der Waals surface area contributed by atoms with Crippen LogP contribution in [0.1, 0.15) is 57.4 Å². The number of hydrogen-bond acceptors (Lipinski definition) is 2. The summed E-state index contributed by atoms with van der Waals surface area (Å²) in [5, 5.41) is 10.8. The Labute approximate surface area is 122 Å². The molecule has 0 amide bonds. The van der Waals surface area contributed by atoms with Crippen LogP contribution in [0.2, 0.25) is 0 Å². The molecule has 0 radical (unpaired) electrons. The third-order valence-corrected chi connectivity index (χ3v) is 3.39. The molecular formula is C17H26N2O. The largest absolute Gasteiger partial charge is 0.379 e. The Morgan fingerprint density at radius 3 is 2.50 bits per heavy atom. The highest BCUT2D eigenvalue weighted by molar-refractivity contribution is 5.40. The summed E-state index contributed by atoms with van der Waals surface area (Å²) in [6, 6.07) is 8.11. The highest BCUT2D eigenvalue weighted by atomic mass is 16.3. The van der Waals surface area contributed by atoms with E-state index in [9.17, 15) is 5.11 Å². The summed E-state index contributed by atoms with van der Waals surface area (Å²) in [5.41, 5.74) is 2.17. The number of H-pyrrole nitrogens is 1. The molecule has 1 aliphatic carbocycles. The molecule has 1 aromatic heterocycles. The number of fused-ring (bicyclic) bond motifs is 1. The molecule has 2 N–H and O–H groups in total. The zero-order valence-electron chi connectivity index (χ0n) is 13.0. The van der Waals surface area contributed by atoms with Crippen LogP contribution in [-0.2, 0) is 12.0 Å². The molecule has 0 bridgehead atoms. The number of imidazole rings is 1. The van der Waals surface area contributed by atoms with Crippen LogP contribution in [0, 0.1) is 0 Å². The van der Waals surface area contributed by atoms with E-state index in [0.29, 0.717) is 0 Å². The van der Waals surface area contributed by atoms with Gasteiger partial charge in [0.25, 0.3) is 0 Å². The Kier molecular flexibility index (Phi) is 6.46. The van der Waals surface area contributed by atoms with Crippen LogP contribution in [0.15, 0.2) is 36.8 Å². The van der Waals surface area contributed by atoms with Crippen LogP contribution in [0.25, 0.3) is 0 Å². The number of aromatic amines is 1. The monoisotopic (exact) mass is 274 g/mol. The van der Waals surface area contributed by atoms with Crippen LogP contribution < -0.4 is 0 Å². The Morgan fingerprint density at radius 2 is 1.85 bits per heavy atom. The lowest BCUT2D eigenvalue weighted by Gasteiger charge is -2.33. The van der Waals surface area contributed by atoms with Gasteiger partial charge in [0.05, 0.1) is 18.2 Å². The first kappa shape index (κ1) is 16.4. The lowest BCUT2D eigenvalue weighted by atomic mass is 9.77. The van der Waals surface area contributed by atoms with E-state index in [1.54, 1.807) is 12.5 Å². The van der Waals surface area contributed by atoms with Crippen molar-refractivity contribution >= 4 is 0 Å². The van der Waals surface area contributed by atoms with Crippen molar-refractivity contribution in [2.75, 3.05) is 0 Å². The number of nitrogens with one attached hydrogen (secondary N) is 1. The molecule has 3 rings (SSSR count). The van der Waals surface area contributed by atoms with Crippen molar-refractivity contribution in [1.82, 2.24) is 9.97 Å². The number of aliphatic hydroxyl groups is 1. The summed E-state index contributed by atoms with van der Waals surface area (Å²) in [6.45, 7) is 8.00. The van der Waals surface area contributed by atoms with Crippen molar-refractivity contribution in [1.29, 1.82) is 0 Å². The molecular weight excluding hydrogens is 248 g/mol. The van der Waals surface area contributed by atoms with Crippen molar-refractivity contribution in [3.05, 3.63) is 53.6 Å². The predicted octanol–water partition coefficient (Wildman–Crippen LogP) is 4.03. The standard InChI is InChI=1S/C13H14N2O.2C2H6/c16-13(12-8-14-9-15-12)7-3-5-10-4-1-2-6-11(10)13;2*1-2/h1-2,4,6,8-9,16H,3,5,7H2,(H,14,15);2*1-2H3. The summed E-state index contributed by atoms with van der Waals surface area (Å²) >= 11 is 0. The second-order valence-corrected chi connectivity index (χ2v) is 4.34. The lowest BCUT2D eigenvalue weighted by molar-refractivity contribution is 0.0576. The Morgan fingerprint density at radius 1 is 1.15 bits per heavy atom. The molecule has 0 aliphatic heterocycles. The topological polar surface area (TPSA) is 48.9 Å². The molecule has 0 saturated heterocycles. The molecule has 0 spiro atoms. The molecule has 0 saturated carbocycles. The van der Waals surface area contributed by atoms with E-state index in [0.717, 1.165) is 30.5 Å². The van der Waals surface area contributed by atoms with Crippen molar-refractivity contribution in [3.63, 3.8) is 0 Å². The minimum absolute atomic E-state index is 0.756. The molecule has 3 heteroatoms. The second-order valence-electron chi connectivity index (χ2n) is 4.34. The van der Waals surface area contributed by atoms with E-state index < -0.39 is 5.60 Å². The van der Waals surface area contributed by atoms with Crippen LogP contribution in [0.5, 0.6) is 0 Å². The molecule has 1 unspecified atom stereocenters. The molecule has 1 aromatic carbocycles. The zero-order valence-corrected chi connectivity index (χ0v) is 13.0. The van der Waals surface area contributed by atoms with Crippen molar-refractivity contribution in [2.24, 2.45) is 0 Å². The number of nitrogens with zero attached hydrogens (tertiary/aromatic N) is 1. The maximum Gasteiger partial charge on any atom is 0.131 e. The fraction of sp³-hybridized carbons (Fsp3) is 0.471. The van der Waals surface area contributed by atoms with Gasteiger partial charge in [-0.2, -0.15) is 0 Å². The first-order valence-corrected chi connectivity index (χ1v) is 7.60. The summed E-state index contributed by atoms with van der Waals surface area (Å²) < 4.78 is 0. The number of aromatic nitrogens is 2.